The fraction of sp³-hybridized carbons (Fsp3) is 0.211. The molecule has 0 fully saturated rings. The fourth-order valence-corrected chi connectivity index (χ4v) is 2.56. The summed E-state index contributed by atoms with van der Waals surface area (Å²) in [7, 11) is 1.61. The Hall–Kier alpha value is -3.15. The molecule has 0 atom stereocenters. The number of H-pyrrole nitrogens is 1. The first kappa shape index (κ1) is 16.7. The number of methoxy groups -OCH3 is 1. The molecule has 0 aliphatic carbocycles. The molecule has 0 spiro atoms. The molecule has 6 nitrogen and oxygen atoms in total. The van der Waals surface area contributed by atoms with Crippen LogP contribution in [-0.2, 0) is 17.8 Å². The van der Waals surface area contributed by atoms with Gasteiger partial charge in [0.2, 0.25) is 5.91 Å². The van der Waals surface area contributed by atoms with Gasteiger partial charge >= 0.3 is 0 Å². The summed E-state index contributed by atoms with van der Waals surface area (Å²) in [5.74, 6) is 1.17. The monoisotopic (exact) mass is 337 g/mol. The van der Waals surface area contributed by atoms with Gasteiger partial charge < -0.3 is 15.0 Å². The quantitative estimate of drug-likeness (QED) is 0.722. The molecule has 3 rings (SSSR count). The lowest BCUT2D eigenvalue weighted by atomic mass is 10.2. The standard InChI is InChI=1S/C19H19N3O3/c1-25-14-6-4-5-13(11-14)12-20-18(23)10-9-17-21-16-8-3-2-7-15(16)19(24)22-17/h2-8,11H,9-10,12H2,1H3,(H,20,23)(H,21,22,24). The van der Waals surface area contributed by atoms with Crippen LogP contribution >= 0.6 is 0 Å². The lowest BCUT2D eigenvalue weighted by Crippen LogP contribution is -2.23. The van der Waals surface area contributed by atoms with Gasteiger partial charge in [0.05, 0.1) is 18.0 Å². The van der Waals surface area contributed by atoms with Gasteiger partial charge in [-0.15, -0.1) is 0 Å². The Kier molecular flexibility index (Phi) is 5.09. The molecule has 0 saturated heterocycles. The van der Waals surface area contributed by atoms with Gasteiger partial charge in [-0.05, 0) is 29.8 Å². The van der Waals surface area contributed by atoms with Crippen molar-refractivity contribution in [3.8, 4) is 5.75 Å². The molecule has 0 radical (unpaired) electrons. The SMILES string of the molecule is COc1cccc(CNC(=O)CCc2nc3ccccc3c(=O)[nH]2)c1. The fourth-order valence-electron chi connectivity index (χ4n) is 2.56. The van der Waals surface area contributed by atoms with Crippen LogP contribution < -0.4 is 15.6 Å². The van der Waals surface area contributed by atoms with E-state index in [4.69, 9.17) is 4.74 Å². The van der Waals surface area contributed by atoms with Crippen LogP contribution in [0.1, 0.15) is 17.8 Å². The van der Waals surface area contributed by atoms with Crippen LogP contribution in [-0.4, -0.2) is 23.0 Å². The second-order valence-corrected chi connectivity index (χ2v) is 5.66. The van der Waals surface area contributed by atoms with Crippen LogP contribution in [0.4, 0.5) is 0 Å². The molecule has 2 N–H and O–H groups in total. The zero-order valence-electron chi connectivity index (χ0n) is 13.9. The maximum absolute atomic E-state index is 12.0. The number of amides is 1. The van der Waals surface area contributed by atoms with Crippen molar-refractivity contribution in [2.24, 2.45) is 0 Å². The minimum atomic E-state index is -0.183. The maximum Gasteiger partial charge on any atom is 0.258 e. The van der Waals surface area contributed by atoms with Gasteiger partial charge in [0, 0.05) is 19.4 Å². The molecule has 2 aromatic carbocycles. The molecule has 0 saturated carbocycles. The molecular formula is C19H19N3O3. The lowest BCUT2D eigenvalue weighted by molar-refractivity contribution is -0.121. The summed E-state index contributed by atoms with van der Waals surface area (Å²) in [5.41, 5.74) is 1.42. The van der Waals surface area contributed by atoms with Crippen LogP contribution in [0.15, 0.2) is 53.3 Å². The average Bonchev–Trinajstić information content (AvgIpc) is 2.65. The van der Waals surface area contributed by atoms with E-state index in [1.54, 1.807) is 25.3 Å². The number of nitrogens with zero attached hydrogens (tertiary/aromatic N) is 1. The van der Waals surface area contributed by atoms with E-state index >= 15 is 0 Å². The molecule has 1 amide bonds. The Morgan fingerprint density at radius 2 is 2.04 bits per heavy atom. The van der Waals surface area contributed by atoms with Gasteiger partial charge in [-0.2, -0.15) is 0 Å². The summed E-state index contributed by atoms with van der Waals surface area (Å²) in [6.07, 6.45) is 0.634. The number of para-hydroxylation sites is 1. The van der Waals surface area contributed by atoms with E-state index in [-0.39, 0.29) is 17.9 Å². The number of hydrogen-bond acceptors (Lipinski definition) is 4. The van der Waals surface area contributed by atoms with Crippen molar-refractivity contribution in [1.82, 2.24) is 15.3 Å². The van der Waals surface area contributed by atoms with Crippen molar-refractivity contribution < 1.29 is 9.53 Å². The smallest absolute Gasteiger partial charge is 0.258 e. The van der Waals surface area contributed by atoms with E-state index in [0.29, 0.717) is 29.7 Å². The molecule has 0 aliphatic rings. The first-order valence-electron chi connectivity index (χ1n) is 8.03. The Morgan fingerprint density at radius 1 is 1.20 bits per heavy atom. The highest BCUT2D eigenvalue weighted by Crippen LogP contribution is 2.12. The van der Waals surface area contributed by atoms with Crippen molar-refractivity contribution >= 4 is 16.8 Å². The van der Waals surface area contributed by atoms with E-state index < -0.39 is 0 Å². The number of benzene rings is 2. The lowest BCUT2D eigenvalue weighted by Gasteiger charge is -2.07. The number of rotatable bonds is 6. The van der Waals surface area contributed by atoms with Crippen molar-refractivity contribution in [3.05, 3.63) is 70.3 Å². The summed E-state index contributed by atoms with van der Waals surface area (Å²) < 4.78 is 5.16. The number of aromatic nitrogens is 2. The highest BCUT2D eigenvalue weighted by atomic mass is 16.5. The molecular weight excluding hydrogens is 318 g/mol. The van der Waals surface area contributed by atoms with Crippen LogP contribution in [0.2, 0.25) is 0 Å². The predicted molar refractivity (Wildman–Crippen MR) is 95.5 cm³/mol. The zero-order chi connectivity index (χ0) is 17.6. The third kappa shape index (κ3) is 4.23. The van der Waals surface area contributed by atoms with Crippen LogP contribution in [0.25, 0.3) is 10.9 Å². The Bertz CT molecular complexity index is 950. The van der Waals surface area contributed by atoms with Gasteiger partial charge in [-0.25, -0.2) is 4.98 Å². The number of aromatic amines is 1. The Balaban J connectivity index is 1.58. The molecule has 25 heavy (non-hydrogen) atoms. The summed E-state index contributed by atoms with van der Waals surface area (Å²) in [6, 6.07) is 14.7. The molecule has 0 unspecified atom stereocenters. The number of nitrogens with one attached hydrogen (secondary N) is 2. The molecule has 6 heteroatoms. The predicted octanol–water partition coefficient (Wildman–Crippen LogP) is 2.18. The normalized spacial score (nSPS) is 10.6. The van der Waals surface area contributed by atoms with Crippen molar-refractivity contribution in [3.63, 3.8) is 0 Å². The number of fused-ring (bicyclic) bond motifs is 1. The van der Waals surface area contributed by atoms with E-state index in [2.05, 4.69) is 15.3 Å². The summed E-state index contributed by atoms with van der Waals surface area (Å²) in [4.78, 5) is 31.2. The topological polar surface area (TPSA) is 84.1 Å². The van der Waals surface area contributed by atoms with Gasteiger partial charge in [-0.3, -0.25) is 9.59 Å². The van der Waals surface area contributed by atoms with Gasteiger partial charge in [0.25, 0.3) is 5.56 Å². The van der Waals surface area contributed by atoms with Crippen LogP contribution in [0.3, 0.4) is 0 Å². The third-order valence-electron chi connectivity index (χ3n) is 3.87. The molecule has 1 heterocycles. The molecule has 3 aromatic rings. The van der Waals surface area contributed by atoms with Crippen LogP contribution in [0.5, 0.6) is 5.75 Å². The highest BCUT2D eigenvalue weighted by Gasteiger charge is 2.07. The number of hydrogen-bond donors (Lipinski definition) is 2. The second-order valence-electron chi connectivity index (χ2n) is 5.66. The van der Waals surface area contributed by atoms with E-state index in [1.807, 2.05) is 30.3 Å². The maximum atomic E-state index is 12.0. The van der Waals surface area contributed by atoms with E-state index in [0.717, 1.165) is 11.3 Å². The van der Waals surface area contributed by atoms with Crippen molar-refractivity contribution in [2.75, 3.05) is 7.11 Å². The second kappa shape index (κ2) is 7.61. The Morgan fingerprint density at radius 3 is 2.88 bits per heavy atom. The van der Waals surface area contributed by atoms with E-state index in [1.165, 1.54) is 0 Å². The minimum absolute atomic E-state index is 0.0985. The zero-order valence-corrected chi connectivity index (χ0v) is 13.9. The summed E-state index contributed by atoms with van der Waals surface area (Å²) in [6.45, 7) is 0.428. The van der Waals surface area contributed by atoms with Gasteiger partial charge in [0.15, 0.2) is 0 Å². The first-order chi connectivity index (χ1) is 12.2. The molecule has 0 bridgehead atoms. The largest absolute Gasteiger partial charge is 0.497 e. The minimum Gasteiger partial charge on any atom is -0.497 e. The van der Waals surface area contributed by atoms with E-state index in [9.17, 15) is 9.59 Å². The van der Waals surface area contributed by atoms with Gasteiger partial charge in [0.1, 0.15) is 11.6 Å². The van der Waals surface area contributed by atoms with Crippen molar-refractivity contribution in [1.29, 1.82) is 0 Å². The third-order valence-corrected chi connectivity index (χ3v) is 3.87. The van der Waals surface area contributed by atoms with Crippen molar-refractivity contribution in [2.45, 2.75) is 19.4 Å². The number of carbonyl (C=O) groups is 1. The summed E-state index contributed by atoms with van der Waals surface area (Å²) in [5, 5.41) is 3.41. The van der Waals surface area contributed by atoms with Gasteiger partial charge in [-0.1, -0.05) is 24.3 Å². The molecule has 0 aliphatic heterocycles. The first-order valence-corrected chi connectivity index (χ1v) is 8.03. The average molecular weight is 337 g/mol. The number of ether oxygens (including phenoxy) is 1. The molecule has 1 aromatic heterocycles. The molecule has 128 valence electrons. The van der Waals surface area contributed by atoms with Crippen LogP contribution in [0, 0.1) is 0 Å². The Labute approximate surface area is 144 Å². The highest BCUT2D eigenvalue weighted by molar-refractivity contribution is 5.78. The summed E-state index contributed by atoms with van der Waals surface area (Å²) >= 11 is 0. The number of carbonyl (C=O) groups excluding carboxylic acids is 1. The number of aryl methyl sites for hydroxylation is 1.